The van der Waals surface area contributed by atoms with Crippen LogP contribution in [0.4, 0.5) is 28.9 Å². The highest BCUT2D eigenvalue weighted by atomic mass is 32.1. The fourth-order valence-corrected chi connectivity index (χ4v) is 4.17. The van der Waals surface area contributed by atoms with Gasteiger partial charge in [-0.3, -0.25) is 15.0 Å². The number of hydrazine groups is 1. The summed E-state index contributed by atoms with van der Waals surface area (Å²) in [6, 6.07) is 8.98. The number of nitrogens with zero attached hydrogens (tertiary/aromatic N) is 4. The third kappa shape index (κ3) is 6.56. The molecule has 0 radical (unpaired) electrons. The van der Waals surface area contributed by atoms with Crippen LogP contribution >= 0.6 is 11.3 Å². The van der Waals surface area contributed by atoms with E-state index in [0.29, 0.717) is 28.6 Å². The monoisotopic (exact) mass is 554 g/mol. The van der Waals surface area contributed by atoms with Crippen molar-refractivity contribution in [2.75, 3.05) is 24.2 Å². The van der Waals surface area contributed by atoms with E-state index < -0.39 is 24.7 Å². The Balaban J connectivity index is 1.84. The van der Waals surface area contributed by atoms with Gasteiger partial charge < -0.3 is 23.4 Å². The van der Waals surface area contributed by atoms with E-state index in [2.05, 4.69) is 19.4 Å². The molecule has 0 amide bonds. The summed E-state index contributed by atoms with van der Waals surface area (Å²) in [5, 5.41) is 3.50. The first kappa shape index (κ1) is 26.9. The van der Waals surface area contributed by atoms with Crippen LogP contribution in [-0.2, 0) is 13.1 Å². The van der Waals surface area contributed by atoms with Crippen molar-refractivity contribution in [1.29, 1.82) is 0 Å². The Morgan fingerprint density at radius 2 is 1.42 bits per heavy atom. The molecule has 0 bridgehead atoms. The normalized spacial score (nSPS) is 11.1. The number of benzene rings is 2. The highest BCUT2D eigenvalue weighted by Crippen LogP contribution is 2.38. The maximum absolute atomic E-state index is 13.2. The lowest BCUT2D eigenvalue weighted by Gasteiger charge is -2.38. The predicted octanol–water partition coefficient (Wildman–Crippen LogP) is 5.98. The van der Waals surface area contributed by atoms with Crippen molar-refractivity contribution in [2.24, 2.45) is 0 Å². The van der Waals surface area contributed by atoms with Gasteiger partial charge in [-0.15, -0.1) is 11.3 Å². The molecule has 0 atom stereocenters. The number of hydrogen-bond donors (Lipinski definition) is 0. The van der Waals surface area contributed by atoms with Gasteiger partial charge in [0.05, 0.1) is 50.4 Å². The summed E-state index contributed by atoms with van der Waals surface area (Å²) in [7, 11) is 3.01. The number of alkyl halides is 4. The Labute approximate surface area is 218 Å². The summed E-state index contributed by atoms with van der Waals surface area (Å²) in [5.41, 5.74) is 2.60. The second-order valence-corrected chi connectivity index (χ2v) is 8.45. The molecule has 4 rings (SSSR count). The van der Waals surface area contributed by atoms with E-state index >= 15 is 0 Å². The van der Waals surface area contributed by atoms with E-state index in [1.165, 1.54) is 50.3 Å². The van der Waals surface area contributed by atoms with E-state index in [1.807, 2.05) is 5.01 Å². The Morgan fingerprint density at radius 1 is 0.789 bits per heavy atom. The van der Waals surface area contributed by atoms with Crippen LogP contribution in [0.25, 0.3) is 0 Å². The van der Waals surface area contributed by atoms with Crippen LogP contribution in [0.15, 0.2) is 65.1 Å². The zero-order valence-corrected chi connectivity index (χ0v) is 20.9. The molecule has 0 fully saturated rings. The molecule has 0 aliphatic heterocycles. The van der Waals surface area contributed by atoms with Crippen LogP contribution in [0.1, 0.15) is 10.6 Å². The first-order valence-corrected chi connectivity index (χ1v) is 11.8. The molecular weight excluding hydrogens is 532 g/mol. The summed E-state index contributed by atoms with van der Waals surface area (Å²) < 4.78 is 77.3. The van der Waals surface area contributed by atoms with E-state index in [0.717, 1.165) is 10.9 Å². The second-order valence-electron chi connectivity index (χ2n) is 7.48. The van der Waals surface area contributed by atoms with E-state index in [-0.39, 0.29) is 13.1 Å². The molecule has 0 saturated heterocycles. The Morgan fingerprint density at radius 3 is 2.00 bits per heavy atom. The topological polar surface area (TPSA) is 82.3 Å². The predicted molar refractivity (Wildman–Crippen MR) is 130 cm³/mol. The average Bonchev–Trinajstić information content (AvgIpc) is 3.61. The maximum Gasteiger partial charge on any atom is 0.387 e. The highest BCUT2D eigenvalue weighted by Gasteiger charge is 2.24. The molecule has 0 saturated carbocycles. The summed E-state index contributed by atoms with van der Waals surface area (Å²) >= 11 is 1.41. The van der Waals surface area contributed by atoms with Gasteiger partial charge in [-0.2, -0.15) is 17.6 Å². The van der Waals surface area contributed by atoms with Crippen molar-refractivity contribution < 1.29 is 40.9 Å². The minimum absolute atomic E-state index is 0.0797. The van der Waals surface area contributed by atoms with Gasteiger partial charge in [0.1, 0.15) is 5.76 Å². The molecule has 0 unspecified atom stereocenters. The molecule has 0 aliphatic rings. The quantitative estimate of drug-likeness (QED) is 0.146. The number of oxazole rings is 1. The van der Waals surface area contributed by atoms with E-state index in [1.54, 1.807) is 34.9 Å². The molecule has 4 aromatic rings. The lowest BCUT2D eigenvalue weighted by Crippen LogP contribution is -2.42. The van der Waals surface area contributed by atoms with Crippen molar-refractivity contribution >= 4 is 22.7 Å². The molecule has 202 valence electrons. The number of rotatable bonds is 13. The number of methoxy groups -OCH3 is 2. The SMILES string of the molecule is COc1ccc(N(Cc2cncs2)N(Cc2cnco2)c2ccc(OC(F)F)c(OC(F)F)c2)cc1OC. The second kappa shape index (κ2) is 12.4. The molecule has 14 heteroatoms. The maximum atomic E-state index is 13.2. The summed E-state index contributed by atoms with van der Waals surface area (Å²) in [5.74, 6) is 0.274. The molecular formula is C24H22F4N4O5S. The molecule has 2 aromatic carbocycles. The van der Waals surface area contributed by atoms with E-state index in [4.69, 9.17) is 13.9 Å². The molecule has 2 heterocycles. The fourth-order valence-electron chi connectivity index (χ4n) is 3.59. The smallest absolute Gasteiger partial charge is 0.387 e. The minimum atomic E-state index is -3.27. The number of thiazole rings is 1. The van der Waals surface area contributed by atoms with Gasteiger partial charge >= 0.3 is 13.2 Å². The molecule has 0 spiro atoms. The third-order valence-electron chi connectivity index (χ3n) is 5.19. The van der Waals surface area contributed by atoms with Gasteiger partial charge in [0.25, 0.3) is 0 Å². The zero-order valence-electron chi connectivity index (χ0n) is 20.1. The van der Waals surface area contributed by atoms with Crippen LogP contribution in [0.5, 0.6) is 23.0 Å². The number of ether oxygens (including phenoxy) is 4. The number of aromatic nitrogens is 2. The van der Waals surface area contributed by atoms with Crippen LogP contribution in [-0.4, -0.2) is 37.4 Å². The van der Waals surface area contributed by atoms with Crippen LogP contribution in [0.2, 0.25) is 0 Å². The zero-order chi connectivity index (χ0) is 27.1. The van der Waals surface area contributed by atoms with Crippen LogP contribution in [0, 0.1) is 0 Å². The lowest BCUT2D eigenvalue weighted by atomic mass is 10.2. The summed E-state index contributed by atoms with van der Waals surface area (Å²) in [6.07, 6.45) is 4.44. The van der Waals surface area contributed by atoms with E-state index in [9.17, 15) is 17.6 Å². The number of hydrogen-bond acceptors (Lipinski definition) is 10. The lowest BCUT2D eigenvalue weighted by molar-refractivity contribution is -0.0692. The van der Waals surface area contributed by atoms with Crippen molar-refractivity contribution in [3.63, 3.8) is 0 Å². The summed E-state index contributed by atoms with van der Waals surface area (Å²) in [4.78, 5) is 8.94. The number of anilines is 2. The minimum Gasteiger partial charge on any atom is -0.493 e. The molecule has 0 aliphatic carbocycles. The van der Waals surface area contributed by atoms with Crippen molar-refractivity contribution in [2.45, 2.75) is 26.3 Å². The standard InChI is InChI=1S/C24H22F4N4O5S/c1-33-19-5-3-15(7-21(19)34-2)32(12-18-10-30-14-38-18)31(11-17-9-29-13-35-17)16-4-6-20(36-23(25)26)22(8-16)37-24(27)28/h3-10,13-14,23-24H,11-12H2,1-2H3. The van der Waals surface area contributed by atoms with Crippen LogP contribution in [0.3, 0.4) is 0 Å². The van der Waals surface area contributed by atoms with Crippen molar-refractivity contribution in [3.8, 4) is 23.0 Å². The molecule has 2 aromatic heterocycles. The molecule has 38 heavy (non-hydrogen) atoms. The Kier molecular flexibility index (Phi) is 8.73. The third-order valence-corrected chi connectivity index (χ3v) is 5.96. The van der Waals surface area contributed by atoms with Gasteiger partial charge in [-0.1, -0.05) is 0 Å². The van der Waals surface area contributed by atoms with Crippen molar-refractivity contribution in [1.82, 2.24) is 9.97 Å². The largest absolute Gasteiger partial charge is 0.493 e. The highest BCUT2D eigenvalue weighted by molar-refractivity contribution is 7.09. The Hall–Kier alpha value is -4.20. The van der Waals surface area contributed by atoms with Gasteiger partial charge in [0.2, 0.25) is 0 Å². The Bertz CT molecular complexity index is 1300. The van der Waals surface area contributed by atoms with Gasteiger partial charge in [0, 0.05) is 23.2 Å². The van der Waals surface area contributed by atoms with Gasteiger partial charge in [-0.05, 0) is 24.3 Å². The first-order chi connectivity index (χ1) is 18.4. The summed E-state index contributed by atoms with van der Waals surface area (Å²) in [6.45, 7) is -6.14. The van der Waals surface area contributed by atoms with Gasteiger partial charge in [-0.25, -0.2) is 4.98 Å². The average molecular weight is 555 g/mol. The first-order valence-electron chi connectivity index (χ1n) is 10.9. The van der Waals surface area contributed by atoms with Crippen molar-refractivity contribution in [3.05, 3.63) is 71.3 Å². The molecule has 0 N–H and O–H groups in total. The molecule has 9 nitrogen and oxygen atoms in total. The number of halogens is 4. The fraction of sp³-hybridized carbons (Fsp3) is 0.250. The van der Waals surface area contributed by atoms with Gasteiger partial charge in [0.15, 0.2) is 29.4 Å². The van der Waals surface area contributed by atoms with Crippen LogP contribution < -0.4 is 29.0 Å².